The summed E-state index contributed by atoms with van der Waals surface area (Å²) < 4.78 is 43.7. The van der Waals surface area contributed by atoms with Crippen molar-refractivity contribution in [3.8, 4) is 0 Å². The Balaban J connectivity index is 0.00000363. The standard InChI is InChI=1S/C22H27NO3.ClH/c1-2-17-26-22(21(24)25,18-9-5-3-6-10-18)19-11-13-20(14-12-19)23-15-7-4-8-16-23;/h3,5-6,9-14H,2,4,7-8,15-17H2,1H3,(H,24,25);1H/i1D3,2D2;. The average molecular weight is 395 g/mol. The number of anilines is 1. The first kappa shape index (κ1) is 14.9. The summed E-state index contributed by atoms with van der Waals surface area (Å²) >= 11 is 0. The zero-order valence-corrected chi connectivity index (χ0v) is 15.9. The first-order valence-corrected chi connectivity index (χ1v) is 8.86. The van der Waals surface area contributed by atoms with Crippen LogP contribution >= 0.6 is 12.4 Å². The molecule has 0 radical (unpaired) electrons. The Hall–Kier alpha value is -2.04. The molecular formula is C22H28ClNO3. The molecule has 0 bridgehead atoms. The molecule has 3 rings (SSSR count). The fourth-order valence-corrected chi connectivity index (χ4v) is 3.52. The molecule has 1 fully saturated rings. The highest BCUT2D eigenvalue weighted by Crippen LogP contribution is 2.35. The van der Waals surface area contributed by atoms with Gasteiger partial charge in [0.2, 0.25) is 5.60 Å². The van der Waals surface area contributed by atoms with Crippen LogP contribution in [0.1, 0.15) is 50.5 Å². The smallest absolute Gasteiger partial charge is 0.345 e. The Morgan fingerprint density at radius 2 is 1.74 bits per heavy atom. The van der Waals surface area contributed by atoms with Crippen LogP contribution in [0.4, 0.5) is 5.69 Å². The van der Waals surface area contributed by atoms with Gasteiger partial charge in [-0.3, -0.25) is 0 Å². The van der Waals surface area contributed by atoms with Crippen molar-refractivity contribution in [2.45, 2.75) is 38.1 Å². The molecule has 1 heterocycles. The van der Waals surface area contributed by atoms with E-state index in [4.69, 9.17) is 11.6 Å². The Morgan fingerprint density at radius 3 is 2.33 bits per heavy atom. The molecule has 0 aliphatic carbocycles. The number of benzene rings is 2. The van der Waals surface area contributed by atoms with Gasteiger partial charge >= 0.3 is 5.97 Å². The number of hydrogen-bond acceptors (Lipinski definition) is 3. The van der Waals surface area contributed by atoms with Crippen molar-refractivity contribution < 1.29 is 21.5 Å². The fraction of sp³-hybridized carbons (Fsp3) is 0.409. The normalized spacial score (nSPS) is 20.0. The lowest BCUT2D eigenvalue weighted by molar-refractivity contribution is -0.161. The van der Waals surface area contributed by atoms with Crippen molar-refractivity contribution in [3.05, 3.63) is 65.7 Å². The third-order valence-electron chi connectivity index (χ3n) is 4.84. The van der Waals surface area contributed by atoms with E-state index in [1.807, 2.05) is 12.1 Å². The summed E-state index contributed by atoms with van der Waals surface area (Å²) in [6.45, 7) is -1.97. The second-order valence-corrected chi connectivity index (χ2v) is 6.41. The topological polar surface area (TPSA) is 49.8 Å². The number of carbonyl (C=O) groups is 1. The maximum absolute atomic E-state index is 12.6. The SMILES string of the molecule is Cl.[2H]C([2H])([2H])C([2H])([2H])COC(C(=O)O)(c1ccccc1)c1ccc(N2CCCCC2)cc1. The van der Waals surface area contributed by atoms with Crippen LogP contribution in [0.5, 0.6) is 0 Å². The third kappa shape index (κ3) is 4.45. The summed E-state index contributed by atoms with van der Waals surface area (Å²) in [5, 5.41) is 10.2. The van der Waals surface area contributed by atoms with Crippen LogP contribution in [0, 0.1) is 0 Å². The largest absolute Gasteiger partial charge is 0.479 e. The minimum atomic E-state index is -2.95. The van der Waals surface area contributed by atoms with Crippen LogP contribution in [-0.2, 0) is 15.1 Å². The molecule has 1 aliphatic rings. The third-order valence-corrected chi connectivity index (χ3v) is 4.84. The predicted octanol–water partition coefficient (Wildman–Crippen LogP) is 4.85. The minimum Gasteiger partial charge on any atom is -0.479 e. The number of nitrogens with zero attached hydrogens (tertiary/aromatic N) is 1. The minimum absolute atomic E-state index is 0. The predicted molar refractivity (Wildman–Crippen MR) is 111 cm³/mol. The number of aliphatic carboxylic acids is 1. The molecule has 0 amide bonds. The van der Waals surface area contributed by atoms with E-state index in [0.717, 1.165) is 31.6 Å². The van der Waals surface area contributed by atoms with Gasteiger partial charge in [0.15, 0.2) is 0 Å². The molecule has 1 saturated heterocycles. The van der Waals surface area contributed by atoms with E-state index in [1.54, 1.807) is 42.5 Å². The van der Waals surface area contributed by atoms with E-state index < -0.39 is 31.4 Å². The Kier molecular flexibility index (Phi) is 5.41. The van der Waals surface area contributed by atoms with Gasteiger partial charge in [0.1, 0.15) is 0 Å². The highest BCUT2D eigenvalue weighted by Gasteiger charge is 2.43. The first-order chi connectivity index (χ1) is 14.6. The van der Waals surface area contributed by atoms with E-state index in [2.05, 4.69) is 4.90 Å². The van der Waals surface area contributed by atoms with E-state index in [9.17, 15) is 9.90 Å². The zero-order valence-electron chi connectivity index (χ0n) is 20.1. The van der Waals surface area contributed by atoms with Gasteiger partial charge < -0.3 is 14.7 Å². The van der Waals surface area contributed by atoms with Gasteiger partial charge in [-0.25, -0.2) is 4.79 Å². The van der Waals surface area contributed by atoms with Crippen LogP contribution in [0.15, 0.2) is 54.6 Å². The zero-order chi connectivity index (χ0) is 22.7. The van der Waals surface area contributed by atoms with Gasteiger partial charge in [-0.2, -0.15) is 0 Å². The highest BCUT2D eigenvalue weighted by atomic mass is 35.5. The molecule has 4 nitrogen and oxygen atoms in total. The number of hydrogen-bond donors (Lipinski definition) is 1. The average Bonchev–Trinajstić information content (AvgIpc) is 2.75. The van der Waals surface area contributed by atoms with Crippen molar-refractivity contribution in [1.82, 2.24) is 0 Å². The molecule has 1 N–H and O–H groups in total. The van der Waals surface area contributed by atoms with Gasteiger partial charge in [-0.1, -0.05) is 49.3 Å². The molecule has 1 unspecified atom stereocenters. The second kappa shape index (κ2) is 9.77. The molecule has 2 aromatic rings. The van der Waals surface area contributed by atoms with Crippen LogP contribution in [0.25, 0.3) is 0 Å². The molecule has 1 atom stereocenters. The molecule has 5 heteroatoms. The summed E-state index contributed by atoms with van der Waals surface area (Å²) in [6.07, 6.45) is 0.705. The van der Waals surface area contributed by atoms with Crippen molar-refractivity contribution in [2.75, 3.05) is 24.6 Å². The number of ether oxygens (including phenoxy) is 1. The van der Waals surface area contributed by atoms with Crippen LogP contribution in [-0.4, -0.2) is 30.8 Å². The molecular weight excluding hydrogens is 362 g/mol. The number of carboxylic acid groups (broad SMARTS) is 1. The van der Waals surface area contributed by atoms with E-state index in [1.165, 1.54) is 6.42 Å². The van der Waals surface area contributed by atoms with Gasteiger partial charge in [0, 0.05) is 32.2 Å². The summed E-state index contributed by atoms with van der Waals surface area (Å²) in [5.41, 5.74) is -0.475. The Morgan fingerprint density at radius 1 is 1.11 bits per heavy atom. The fourth-order valence-electron chi connectivity index (χ4n) is 3.52. The van der Waals surface area contributed by atoms with E-state index in [0.29, 0.717) is 5.56 Å². The summed E-state index contributed by atoms with van der Waals surface area (Å²) in [7, 11) is 0. The molecule has 1 aliphatic heterocycles. The van der Waals surface area contributed by atoms with Crippen molar-refractivity contribution >= 4 is 24.1 Å². The molecule has 0 aromatic heterocycles. The summed E-state index contributed by atoms with van der Waals surface area (Å²) in [4.78, 5) is 14.8. The van der Waals surface area contributed by atoms with Crippen LogP contribution in [0.2, 0.25) is 0 Å². The molecule has 2 aromatic carbocycles. The first-order valence-electron chi connectivity index (χ1n) is 11.4. The second-order valence-electron chi connectivity index (χ2n) is 6.41. The van der Waals surface area contributed by atoms with E-state index in [-0.39, 0.29) is 18.0 Å². The van der Waals surface area contributed by atoms with Gasteiger partial charge in [0.25, 0.3) is 0 Å². The molecule has 0 saturated carbocycles. The van der Waals surface area contributed by atoms with Crippen LogP contribution < -0.4 is 4.90 Å². The molecule has 27 heavy (non-hydrogen) atoms. The van der Waals surface area contributed by atoms with Gasteiger partial charge in [0.05, 0.1) is 0 Å². The van der Waals surface area contributed by atoms with Gasteiger partial charge in [-0.05, 0) is 48.9 Å². The molecule has 146 valence electrons. The summed E-state index contributed by atoms with van der Waals surface area (Å²) in [5.74, 6) is -1.34. The quantitative estimate of drug-likeness (QED) is 0.729. The van der Waals surface area contributed by atoms with Crippen molar-refractivity contribution in [3.63, 3.8) is 0 Å². The number of halogens is 1. The lowest BCUT2D eigenvalue weighted by atomic mass is 9.85. The highest BCUT2D eigenvalue weighted by molar-refractivity contribution is 5.85. The van der Waals surface area contributed by atoms with Gasteiger partial charge in [-0.15, -0.1) is 12.4 Å². The number of piperidine rings is 1. The Bertz CT molecular complexity index is 887. The molecule has 0 spiro atoms. The van der Waals surface area contributed by atoms with E-state index >= 15 is 0 Å². The van der Waals surface area contributed by atoms with Crippen LogP contribution in [0.3, 0.4) is 0 Å². The maximum atomic E-state index is 12.6. The number of rotatable bonds is 7. The number of carboxylic acids is 1. The summed E-state index contributed by atoms with van der Waals surface area (Å²) in [6, 6.07) is 15.2. The Labute approximate surface area is 174 Å². The lowest BCUT2D eigenvalue weighted by Crippen LogP contribution is -2.40. The van der Waals surface area contributed by atoms with Crippen molar-refractivity contribution in [1.29, 1.82) is 0 Å². The lowest BCUT2D eigenvalue weighted by Gasteiger charge is -2.32. The van der Waals surface area contributed by atoms with Crippen molar-refractivity contribution in [2.24, 2.45) is 0 Å². The maximum Gasteiger partial charge on any atom is 0.345 e. The monoisotopic (exact) mass is 394 g/mol.